The molecule has 0 atom stereocenters. The Morgan fingerprint density at radius 2 is 1.77 bits per heavy atom. The maximum Gasteiger partial charge on any atom is 0.416 e. The van der Waals surface area contributed by atoms with E-state index in [1.165, 1.54) is 6.07 Å². The molecule has 0 radical (unpaired) electrons. The number of amides is 1. The summed E-state index contributed by atoms with van der Waals surface area (Å²) in [7, 11) is 0. The van der Waals surface area contributed by atoms with Crippen molar-refractivity contribution in [3.63, 3.8) is 0 Å². The summed E-state index contributed by atoms with van der Waals surface area (Å²) in [6, 6.07) is 17.2. The molecule has 1 amide bonds. The number of halogens is 3. The van der Waals surface area contributed by atoms with Gasteiger partial charge < -0.3 is 15.0 Å². The number of carbonyl (C=O) groups is 1. The zero-order valence-corrected chi connectivity index (χ0v) is 18.5. The third-order valence-corrected chi connectivity index (χ3v) is 5.79. The van der Waals surface area contributed by atoms with E-state index in [2.05, 4.69) is 20.2 Å². The number of anilines is 2. The fourth-order valence-electron chi connectivity index (χ4n) is 4.03. The number of hydrogen-bond acceptors (Lipinski definition) is 5. The highest BCUT2D eigenvalue weighted by Gasteiger charge is 2.30. The summed E-state index contributed by atoms with van der Waals surface area (Å²) in [5.41, 5.74) is 1.32. The number of benzene rings is 2. The van der Waals surface area contributed by atoms with Crippen molar-refractivity contribution in [1.82, 2.24) is 9.97 Å². The minimum atomic E-state index is -4.45. The molecule has 0 aliphatic carbocycles. The van der Waals surface area contributed by atoms with Crippen molar-refractivity contribution in [1.29, 1.82) is 0 Å². The number of nitrogens with one attached hydrogen (secondary N) is 1. The van der Waals surface area contributed by atoms with Crippen LogP contribution in [0.1, 0.15) is 16.1 Å². The highest BCUT2D eigenvalue weighted by Crippen LogP contribution is 2.34. The number of morpholine rings is 1. The Labute approximate surface area is 199 Å². The number of fused-ring (bicyclic) bond motifs is 1. The van der Waals surface area contributed by atoms with Crippen molar-refractivity contribution < 1.29 is 22.7 Å². The maximum atomic E-state index is 13.2. The van der Waals surface area contributed by atoms with Crippen molar-refractivity contribution in [3.8, 4) is 11.1 Å². The number of ether oxygens (including phenoxy) is 1. The van der Waals surface area contributed by atoms with Crippen molar-refractivity contribution >= 4 is 28.3 Å². The summed E-state index contributed by atoms with van der Waals surface area (Å²) in [6.07, 6.45) is -2.83. The molecule has 6 nitrogen and oxygen atoms in total. The zero-order valence-electron chi connectivity index (χ0n) is 18.5. The number of alkyl halides is 3. The first-order chi connectivity index (χ1) is 16.9. The summed E-state index contributed by atoms with van der Waals surface area (Å²) in [5, 5.41) is 3.56. The maximum absolute atomic E-state index is 13.2. The molecule has 35 heavy (non-hydrogen) atoms. The van der Waals surface area contributed by atoms with E-state index in [0.717, 1.165) is 36.4 Å². The lowest BCUT2D eigenvalue weighted by Gasteiger charge is -2.28. The Hall–Kier alpha value is -3.98. The molecule has 1 aliphatic rings. The van der Waals surface area contributed by atoms with E-state index in [1.807, 2.05) is 0 Å². The lowest BCUT2D eigenvalue weighted by molar-refractivity contribution is -0.137. The molecule has 0 saturated carbocycles. The van der Waals surface area contributed by atoms with E-state index in [-0.39, 0.29) is 5.69 Å². The standard InChI is InChI=1S/C26H21F3N4O2/c27-26(28,29)19-5-1-4-18(15-19)21-6-2-3-17-7-8-22(32-24(17)21)25(34)31-20-9-10-30-23(16-20)33-11-13-35-14-12-33/h1-10,15-16H,11-14H2,(H,30,31,34). The monoisotopic (exact) mass is 478 g/mol. The highest BCUT2D eigenvalue weighted by molar-refractivity contribution is 6.05. The Kier molecular flexibility index (Phi) is 6.08. The molecule has 178 valence electrons. The fraction of sp³-hybridized carbons (Fsp3) is 0.192. The molecule has 3 heterocycles. The molecule has 0 unspecified atom stereocenters. The molecule has 2 aromatic carbocycles. The van der Waals surface area contributed by atoms with Gasteiger partial charge in [-0.1, -0.05) is 36.4 Å². The van der Waals surface area contributed by atoms with Crippen LogP contribution in [-0.4, -0.2) is 42.2 Å². The van der Waals surface area contributed by atoms with E-state index in [0.29, 0.717) is 35.5 Å². The van der Waals surface area contributed by atoms with Crippen molar-refractivity contribution in [3.05, 3.63) is 84.2 Å². The first-order valence-electron chi connectivity index (χ1n) is 11.1. The minimum Gasteiger partial charge on any atom is -0.378 e. The van der Waals surface area contributed by atoms with Crippen LogP contribution in [0.2, 0.25) is 0 Å². The first-order valence-corrected chi connectivity index (χ1v) is 11.1. The SMILES string of the molecule is O=C(Nc1ccnc(N2CCOCC2)c1)c1ccc2cccc(-c3cccc(C(F)(F)F)c3)c2n1. The summed E-state index contributed by atoms with van der Waals surface area (Å²) < 4.78 is 45.1. The van der Waals surface area contributed by atoms with E-state index in [9.17, 15) is 18.0 Å². The Morgan fingerprint density at radius 3 is 2.57 bits per heavy atom. The second-order valence-corrected chi connectivity index (χ2v) is 8.11. The number of pyridine rings is 2. The van der Waals surface area contributed by atoms with Crippen molar-refractivity contribution in [2.45, 2.75) is 6.18 Å². The normalized spacial score (nSPS) is 14.2. The number of hydrogen-bond donors (Lipinski definition) is 1. The van der Waals surface area contributed by atoms with E-state index < -0.39 is 17.6 Å². The summed E-state index contributed by atoms with van der Waals surface area (Å²) in [4.78, 5) is 24.0. The van der Waals surface area contributed by atoms with Crippen molar-refractivity contribution in [2.75, 3.05) is 36.5 Å². The molecule has 5 rings (SSSR count). The van der Waals surface area contributed by atoms with Gasteiger partial charge in [0, 0.05) is 42.0 Å². The first kappa shape index (κ1) is 22.8. The largest absolute Gasteiger partial charge is 0.416 e. The van der Waals surface area contributed by atoms with Gasteiger partial charge in [0.05, 0.1) is 24.3 Å². The minimum absolute atomic E-state index is 0.154. The summed E-state index contributed by atoms with van der Waals surface area (Å²) in [6.45, 7) is 2.67. The lowest BCUT2D eigenvalue weighted by Crippen LogP contribution is -2.36. The van der Waals surface area contributed by atoms with Gasteiger partial charge in [-0.2, -0.15) is 13.2 Å². The number of rotatable bonds is 4. The number of para-hydroxylation sites is 1. The van der Waals surface area contributed by atoms with Crippen LogP contribution in [0.15, 0.2) is 72.9 Å². The van der Waals surface area contributed by atoms with Crippen LogP contribution >= 0.6 is 0 Å². The molecule has 9 heteroatoms. The van der Waals surface area contributed by atoms with Crippen LogP contribution < -0.4 is 10.2 Å². The molecule has 1 N–H and O–H groups in total. The topological polar surface area (TPSA) is 67.4 Å². The number of aromatic nitrogens is 2. The molecule has 1 fully saturated rings. The van der Waals surface area contributed by atoms with Crippen molar-refractivity contribution in [2.24, 2.45) is 0 Å². The molecule has 1 aliphatic heterocycles. The second-order valence-electron chi connectivity index (χ2n) is 8.11. The van der Waals surface area contributed by atoms with Gasteiger partial charge in [0.2, 0.25) is 0 Å². The van der Waals surface area contributed by atoms with Gasteiger partial charge in [-0.15, -0.1) is 0 Å². The van der Waals surface area contributed by atoms with Crippen LogP contribution in [0.4, 0.5) is 24.7 Å². The average Bonchev–Trinajstić information content (AvgIpc) is 2.88. The molecule has 0 spiro atoms. The van der Waals surface area contributed by atoms with Gasteiger partial charge in [-0.3, -0.25) is 4.79 Å². The molecular formula is C26H21F3N4O2. The molecular weight excluding hydrogens is 457 g/mol. The average molecular weight is 478 g/mol. The van der Waals surface area contributed by atoms with Crippen LogP contribution in [0.5, 0.6) is 0 Å². The number of carbonyl (C=O) groups excluding carboxylic acids is 1. The van der Waals surface area contributed by atoms with Gasteiger partial charge in [-0.25, -0.2) is 9.97 Å². The molecule has 2 aromatic heterocycles. The smallest absolute Gasteiger partial charge is 0.378 e. The van der Waals surface area contributed by atoms with Crippen LogP contribution in [-0.2, 0) is 10.9 Å². The predicted octanol–water partition coefficient (Wildman–Crippen LogP) is 5.40. The molecule has 1 saturated heterocycles. The number of nitrogens with zero attached hydrogens (tertiary/aromatic N) is 3. The second kappa shape index (κ2) is 9.34. The quantitative estimate of drug-likeness (QED) is 0.425. The van der Waals surface area contributed by atoms with Crippen LogP contribution in [0, 0.1) is 0 Å². The summed E-state index contributed by atoms with van der Waals surface area (Å²) >= 11 is 0. The van der Waals surface area contributed by atoms with Gasteiger partial charge in [0.15, 0.2) is 0 Å². The van der Waals surface area contributed by atoms with E-state index in [4.69, 9.17) is 4.74 Å². The Bertz CT molecular complexity index is 1380. The fourth-order valence-corrected chi connectivity index (χ4v) is 4.03. The van der Waals surface area contributed by atoms with Gasteiger partial charge in [0.25, 0.3) is 5.91 Å². The zero-order chi connectivity index (χ0) is 24.4. The third kappa shape index (κ3) is 4.95. The summed E-state index contributed by atoms with van der Waals surface area (Å²) in [5.74, 6) is 0.314. The van der Waals surface area contributed by atoms with Gasteiger partial charge in [0.1, 0.15) is 11.5 Å². The van der Waals surface area contributed by atoms with Gasteiger partial charge in [-0.05, 0) is 29.8 Å². The van der Waals surface area contributed by atoms with Crippen LogP contribution in [0.25, 0.3) is 22.0 Å². The Balaban J connectivity index is 1.45. The molecule has 4 aromatic rings. The predicted molar refractivity (Wildman–Crippen MR) is 127 cm³/mol. The van der Waals surface area contributed by atoms with E-state index >= 15 is 0 Å². The van der Waals surface area contributed by atoms with Gasteiger partial charge >= 0.3 is 6.18 Å². The van der Waals surface area contributed by atoms with Crippen LogP contribution in [0.3, 0.4) is 0 Å². The molecule has 0 bridgehead atoms. The Morgan fingerprint density at radius 1 is 0.971 bits per heavy atom. The van der Waals surface area contributed by atoms with E-state index in [1.54, 1.807) is 54.7 Å². The highest BCUT2D eigenvalue weighted by atomic mass is 19.4. The lowest BCUT2D eigenvalue weighted by atomic mass is 9.99. The third-order valence-electron chi connectivity index (χ3n) is 5.79.